The van der Waals surface area contributed by atoms with E-state index < -0.39 is 0 Å². The summed E-state index contributed by atoms with van der Waals surface area (Å²) in [7, 11) is 6.05. The van der Waals surface area contributed by atoms with Crippen LogP contribution in [0.1, 0.15) is 101 Å². The number of fused-ring (bicyclic) bond motifs is 1. The van der Waals surface area contributed by atoms with Gasteiger partial charge in [0, 0.05) is 63.0 Å². The first-order valence-corrected chi connectivity index (χ1v) is 17.6. The molecule has 3 atom stereocenters. The summed E-state index contributed by atoms with van der Waals surface area (Å²) in [5, 5.41) is 8.73. The third kappa shape index (κ3) is 8.13. The summed E-state index contributed by atoms with van der Waals surface area (Å²) in [6.07, 6.45) is 9.42. The van der Waals surface area contributed by atoms with Crippen molar-refractivity contribution in [3.8, 4) is 11.1 Å². The molecule has 0 radical (unpaired) electrons. The molecule has 0 aliphatic carbocycles. The molecule has 48 heavy (non-hydrogen) atoms. The van der Waals surface area contributed by atoms with Crippen molar-refractivity contribution in [2.24, 2.45) is 5.92 Å². The molecule has 4 aromatic rings. The zero-order valence-electron chi connectivity index (χ0n) is 31.2. The molecule has 1 aliphatic rings. The van der Waals surface area contributed by atoms with Gasteiger partial charge in [0.1, 0.15) is 12.1 Å². The van der Waals surface area contributed by atoms with E-state index >= 15 is 0 Å². The van der Waals surface area contributed by atoms with Crippen molar-refractivity contribution in [1.82, 2.24) is 34.5 Å². The Morgan fingerprint density at radius 1 is 1.08 bits per heavy atom. The molecule has 260 valence electrons. The first-order chi connectivity index (χ1) is 23.2. The largest absolute Gasteiger partial charge is 0.383 e. The minimum Gasteiger partial charge on any atom is -0.383 e. The highest BCUT2D eigenvalue weighted by Crippen LogP contribution is 2.39. The Hall–Kier alpha value is -4.08. The average Bonchev–Trinajstić information content (AvgIpc) is 3.55. The van der Waals surface area contributed by atoms with E-state index in [1.807, 2.05) is 77.3 Å². The minimum atomic E-state index is -0.192. The Balaban J connectivity index is 0.00000151. The highest BCUT2D eigenvalue weighted by molar-refractivity contribution is 5.80. The second-order valence-electron chi connectivity index (χ2n) is 12.1. The summed E-state index contributed by atoms with van der Waals surface area (Å²) in [4.78, 5) is 25.0. The quantitative estimate of drug-likeness (QED) is 0.137. The van der Waals surface area contributed by atoms with Gasteiger partial charge in [0.05, 0.1) is 23.6 Å². The number of hydrogen-bond acceptors (Lipinski definition) is 8. The van der Waals surface area contributed by atoms with Crippen LogP contribution in [0.5, 0.6) is 0 Å². The van der Waals surface area contributed by atoms with Gasteiger partial charge in [-0.1, -0.05) is 71.9 Å². The van der Waals surface area contributed by atoms with Crippen molar-refractivity contribution in [2.45, 2.75) is 86.6 Å². The van der Waals surface area contributed by atoms with E-state index in [-0.39, 0.29) is 17.9 Å². The lowest BCUT2D eigenvalue weighted by molar-refractivity contribution is -0.113. The third-order valence-corrected chi connectivity index (χ3v) is 9.24. The van der Waals surface area contributed by atoms with Gasteiger partial charge in [0.2, 0.25) is 0 Å². The highest BCUT2D eigenvalue weighted by Gasteiger charge is 2.36. The molecule has 3 aromatic heterocycles. The molecule has 3 unspecified atom stereocenters. The van der Waals surface area contributed by atoms with Gasteiger partial charge in [-0.2, -0.15) is 9.61 Å². The first kappa shape index (κ1) is 38.4. The lowest BCUT2D eigenvalue weighted by atomic mass is 9.81. The van der Waals surface area contributed by atoms with Crippen LogP contribution in [0.15, 0.2) is 55.0 Å². The van der Waals surface area contributed by atoms with E-state index in [2.05, 4.69) is 74.2 Å². The van der Waals surface area contributed by atoms with E-state index in [1.54, 1.807) is 4.52 Å². The number of allylic oxidation sites excluding steroid dienone is 1. The maximum Gasteiger partial charge on any atom is 0.165 e. The van der Waals surface area contributed by atoms with Gasteiger partial charge >= 0.3 is 0 Å². The van der Waals surface area contributed by atoms with Crippen LogP contribution in [-0.4, -0.2) is 75.0 Å². The van der Waals surface area contributed by atoms with Crippen LogP contribution in [0.4, 0.5) is 5.82 Å². The molecule has 0 amide bonds. The number of hydrazine groups is 1. The van der Waals surface area contributed by atoms with Crippen molar-refractivity contribution in [1.29, 1.82) is 0 Å². The van der Waals surface area contributed by atoms with Crippen molar-refractivity contribution in [3.05, 3.63) is 83.1 Å². The Bertz CT molecular complexity index is 1640. The number of nitrogens with two attached hydrogens (primary N) is 1. The number of piperidine rings is 1. The number of nitrogen functional groups attached to an aromatic ring is 1. The second-order valence-corrected chi connectivity index (χ2v) is 12.1. The van der Waals surface area contributed by atoms with Crippen LogP contribution in [0.3, 0.4) is 0 Å². The van der Waals surface area contributed by atoms with E-state index in [1.165, 1.54) is 11.1 Å². The van der Waals surface area contributed by atoms with Gasteiger partial charge in [-0.05, 0) is 68.0 Å². The topological polar surface area (TPSA) is 95.9 Å². The summed E-state index contributed by atoms with van der Waals surface area (Å²) < 4.78 is 1.75. The third-order valence-electron chi connectivity index (χ3n) is 9.24. The predicted molar refractivity (Wildman–Crippen MR) is 201 cm³/mol. The predicted octanol–water partition coefficient (Wildman–Crippen LogP) is 7.82. The summed E-state index contributed by atoms with van der Waals surface area (Å²) in [5.74, 6) is 0.394. The molecule has 1 aliphatic heterocycles. The number of anilines is 1. The van der Waals surface area contributed by atoms with E-state index in [0.717, 1.165) is 71.4 Å². The molecular weight excluding hydrogens is 596 g/mol. The Morgan fingerprint density at radius 3 is 2.35 bits per heavy atom. The fourth-order valence-corrected chi connectivity index (χ4v) is 6.56. The van der Waals surface area contributed by atoms with E-state index in [4.69, 9.17) is 15.7 Å². The summed E-state index contributed by atoms with van der Waals surface area (Å²) in [6.45, 7) is 18.0. The van der Waals surface area contributed by atoms with Crippen LogP contribution in [0, 0.1) is 12.8 Å². The van der Waals surface area contributed by atoms with Gasteiger partial charge in [0.25, 0.3) is 0 Å². The highest BCUT2D eigenvalue weighted by atomic mass is 16.1. The van der Waals surface area contributed by atoms with Crippen LogP contribution >= 0.6 is 0 Å². The Labute approximate surface area is 288 Å². The van der Waals surface area contributed by atoms with Crippen molar-refractivity contribution in [2.75, 3.05) is 40.0 Å². The van der Waals surface area contributed by atoms with Gasteiger partial charge in [-0.25, -0.2) is 9.99 Å². The van der Waals surface area contributed by atoms with Gasteiger partial charge in [-0.15, -0.1) is 0 Å². The average molecular weight is 655 g/mol. The van der Waals surface area contributed by atoms with Crippen molar-refractivity contribution < 1.29 is 4.79 Å². The molecular formula is C39H58N8O. The molecule has 0 spiro atoms. The molecule has 5 rings (SSSR count). The molecule has 1 aromatic carbocycles. The fraction of sp³-hybridized carbons (Fsp3) is 0.487. The minimum absolute atomic E-state index is 0.0139. The zero-order valence-corrected chi connectivity index (χ0v) is 31.2. The molecule has 1 fully saturated rings. The monoisotopic (exact) mass is 654 g/mol. The number of aldehydes is 1. The second kappa shape index (κ2) is 17.9. The lowest BCUT2D eigenvalue weighted by Gasteiger charge is -2.40. The number of hydrogen-bond donors (Lipinski definition) is 1. The summed E-state index contributed by atoms with van der Waals surface area (Å²) >= 11 is 0. The standard InChI is InChI=1S/C35H46N8O.2C2H6/c1-8-28-33(29-16-18-42(21-27(29)22-44)31(9-2)32-23(3)11-10-17-37-32)39-35-30(19-38-43(35)34(28)36)26-14-12-25(13-15-26)24(4)20-41(7)40(5)6;2*1-2/h10-15,17,19-20,22,27,29,31H,8-9,16,18,21,36H2,1-7H3;2*1-2H3/b24-20+;;. The number of carbonyl (C=O) groups is 1. The van der Waals surface area contributed by atoms with E-state index in [9.17, 15) is 4.79 Å². The number of likely N-dealkylation sites (tertiary alicyclic amines) is 1. The smallest absolute Gasteiger partial charge is 0.165 e. The molecule has 0 bridgehead atoms. The molecule has 4 heterocycles. The number of aromatic nitrogens is 4. The van der Waals surface area contributed by atoms with Gasteiger partial charge < -0.3 is 15.5 Å². The zero-order chi connectivity index (χ0) is 35.5. The number of rotatable bonds is 10. The van der Waals surface area contributed by atoms with Gasteiger partial charge in [-0.3, -0.25) is 9.88 Å². The fourth-order valence-electron chi connectivity index (χ4n) is 6.56. The van der Waals surface area contributed by atoms with Crippen LogP contribution in [0.25, 0.3) is 22.3 Å². The van der Waals surface area contributed by atoms with Crippen molar-refractivity contribution >= 4 is 23.3 Å². The molecule has 1 saturated heterocycles. The SMILES string of the molecule is CC.CC.CCc1c(C2CCN(C(CC)c3ncccc3C)CC2C=O)nc2c(-c3ccc(/C(C)=C/N(C)N(C)C)cc3)cnn2c1N. The first-order valence-electron chi connectivity index (χ1n) is 17.6. The Kier molecular flexibility index (Phi) is 14.3. The maximum absolute atomic E-state index is 12.7. The number of nitrogens with zero attached hydrogens (tertiary/aromatic N) is 7. The summed E-state index contributed by atoms with van der Waals surface area (Å²) in [5.41, 5.74) is 16.0. The summed E-state index contributed by atoms with van der Waals surface area (Å²) in [6, 6.07) is 12.8. The van der Waals surface area contributed by atoms with Gasteiger partial charge in [0.15, 0.2) is 5.65 Å². The molecule has 9 heteroatoms. The van der Waals surface area contributed by atoms with Crippen LogP contribution in [0.2, 0.25) is 0 Å². The lowest BCUT2D eigenvalue weighted by Crippen LogP contribution is -2.43. The Morgan fingerprint density at radius 2 is 1.77 bits per heavy atom. The van der Waals surface area contributed by atoms with Crippen molar-refractivity contribution in [3.63, 3.8) is 0 Å². The van der Waals surface area contributed by atoms with Crippen LogP contribution < -0.4 is 5.73 Å². The number of pyridine rings is 1. The van der Waals surface area contributed by atoms with E-state index in [0.29, 0.717) is 12.4 Å². The normalized spacial score (nSPS) is 17.3. The molecule has 9 nitrogen and oxygen atoms in total. The molecule has 0 saturated carbocycles. The number of carbonyl (C=O) groups excluding carboxylic acids is 1. The maximum atomic E-state index is 12.7. The van der Waals surface area contributed by atoms with Crippen LogP contribution in [-0.2, 0) is 11.2 Å². The number of aryl methyl sites for hydroxylation is 1. The number of benzene rings is 1. The molecule has 2 N–H and O–H groups in total.